The Morgan fingerprint density at radius 1 is 1.48 bits per heavy atom. The van der Waals surface area contributed by atoms with E-state index in [1.54, 1.807) is 10.6 Å². The van der Waals surface area contributed by atoms with Crippen LogP contribution in [0.25, 0.3) is 11.0 Å². The Hall–Kier alpha value is -1.60. The highest BCUT2D eigenvalue weighted by molar-refractivity contribution is 6.76. The Morgan fingerprint density at radius 2 is 2.26 bits per heavy atom. The third-order valence-electron chi connectivity index (χ3n) is 3.86. The maximum atomic E-state index is 14.2. The van der Waals surface area contributed by atoms with Crippen LogP contribution in [0.4, 0.5) is 10.1 Å². The standard InChI is InChI=1S/C16H24FN3O2Si/c1-11-9-22-16-14(18-11)7-12-13(17)8-20(15(12)19-16)10-21-5-6-23(2,3)4/h7-8,11,18H,5-6,9-10H2,1-4H3. The van der Waals surface area contributed by atoms with Crippen molar-refractivity contribution in [1.82, 2.24) is 9.55 Å². The highest BCUT2D eigenvalue weighted by Crippen LogP contribution is 2.32. The lowest BCUT2D eigenvalue weighted by atomic mass is 10.2. The molecule has 1 aliphatic rings. The smallest absolute Gasteiger partial charge is 0.239 e. The molecule has 0 fully saturated rings. The summed E-state index contributed by atoms with van der Waals surface area (Å²) in [4.78, 5) is 4.47. The number of rotatable bonds is 5. The zero-order chi connectivity index (χ0) is 16.6. The van der Waals surface area contributed by atoms with Crippen molar-refractivity contribution in [3.8, 4) is 5.88 Å². The van der Waals surface area contributed by atoms with Gasteiger partial charge in [0.1, 0.15) is 19.0 Å². The summed E-state index contributed by atoms with van der Waals surface area (Å²) in [6.07, 6.45) is 1.45. The first-order valence-corrected chi connectivity index (χ1v) is 11.7. The molecule has 1 atom stereocenters. The summed E-state index contributed by atoms with van der Waals surface area (Å²) in [6.45, 7) is 10.5. The fourth-order valence-corrected chi connectivity index (χ4v) is 3.27. The molecule has 7 heteroatoms. The molecule has 0 aliphatic carbocycles. The Morgan fingerprint density at radius 3 is 3.00 bits per heavy atom. The van der Waals surface area contributed by atoms with Gasteiger partial charge < -0.3 is 19.4 Å². The molecule has 5 nitrogen and oxygen atoms in total. The van der Waals surface area contributed by atoms with E-state index in [4.69, 9.17) is 9.47 Å². The minimum atomic E-state index is -1.12. The van der Waals surface area contributed by atoms with Gasteiger partial charge in [0.05, 0.1) is 17.1 Å². The number of pyridine rings is 1. The summed E-state index contributed by atoms with van der Waals surface area (Å²) in [6, 6.07) is 3.04. The van der Waals surface area contributed by atoms with E-state index < -0.39 is 8.07 Å². The first-order chi connectivity index (χ1) is 10.8. The lowest BCUT2D eigenvalue weighted by Crippen LogP contribution is -2.28. The molecule has 0 radical (unpaired) electrons. The molecule has 0 amide bonds. The molecular formula is C16H24FN3O2Si. The van der Waals surface area contributed by atoms with E-state index in [2.05, 4.69) is 29.9 Å². The molecule has 1 unspecified atom stereocenters. The number of hydrogen-bond donors (Lipinski definition) is 1. The van der Waals surface area contributed by atoms with Crippen molar-refractivity contribution >= 4 is 24.8 Å². The predicted molar refractivity (Wildman–Crippen MR) is 92.4 cm³/mol. The molecule has 2 aromatic rings. The zero-order valence-corrected chi connectivity index (χ0v) is 15.1. The van der Waals surface area contributed by atoms with Gasteiger partial charge in [0.15, 0.2) is 5.82 Å². The SMILES string of the molecule is CC1COc2nc3c(cc2N1)c(F)cn3COCC[Si](C)(C)C. The van der Waals surface area contributed by atoms with Crippen LogP contribution in [-0.2, 0) is 11.5 Å². The van der Waals surface area contributed by atoms with Crippen LogP contribution in [0.1, 0.15) is 6.92 Å². The molecule has 0 aromatic carbocycles. The lowest BCUT2D eigenvalue weighted by Gasteiger charge is -2.23. The average Bonchev–Trinajstić information content (AvgIpc) is 2.76. The van der Waals surface area contributed by atoms with Crippen LogP contribution in [0.2, 0.25) is 25.7 Å². The summed E-state index contributed by atoms with van der Waals surface area (Å²) in [5.74, 6) is 0.237. The Kier molecular flexibility index (Phi) is 4.33. The molecule has 1 N–H and O–H groups in total. The highest BCUT2D eigenvalue weighted by Gasteiger charge is 2.21. The van der Waals surface area contributed by atoms with Crippen LogP contribution in [0.3, 0.4) is 0 Å². The molecule has 0 saturated carbocycles. The van der Waals surface area contributed by atoms with Gasteiger partial charge in [0.25, 0.3) is 0 Å². The lowest BCUT2D eigenvalue weighted by molar-refractivity contribution is 0.0894. The number of nitrogens with one attached hydrogen (secondary N) is 1. The number of nitrogens with zero attached hydrogens (tertiary/aromatic N) is 2. The fraction of sp³-hybridized carbons (Fsp3) is 0.562. The van der Waals surface area contributed by atoms with Crippen LogP contribution in [0, 0.1) is 5.82 Å². The number of fused-ring (bicyclic) bond motifs is 2. The van der Waals surface area contributed by atoms with E-state index in [-0.39, 0.29) is 11.9 Å². The first kappa shape index (κ1) is 16.3. The molecule has 3 rings (SSSR count). The van der Waals surface area contributed by atoms with Gasteiger partial charge in [-0.2, -0.15) is 4.98 Å². The zero-order valence-electron chi connectivity index (χ0n) is 14.1. The Balaban J connectivity index is 1.79. The number of halogens is 1. The summed E-state index contributed by atoms with van der Waals surface area (Å²) in [5, 5.41) is 3.76. The van der Waals surface area contributed by atoms with Crippen LogP contribution >= 0.6 is 0 Å². The predicted octanol–water partition coefficient (Wildman–Crippen LogP) is 3.68. The molecule has 0 saturated heterocycles. The Bertz CT molecular complexity index is 711. The van der Waals surface area contributed by atoms with E-state index in [1.165, 1.54) is 6.20 Å². The van der Waals surface area contributed by atoms with E-state index in [9.17, 15) is 4.39 Å². The van der Waals surface area contributed by atoms with Gasteiger partial charge in [-0.05, 0) is 19.0 Å². The number of aromatic nitrogens is 2. The Labute approximate surface area is 136 Å². The van der Waals surface area contributed by atoms with Gasteiger partial charge in [0, 0.05) is 20.9 Å². The molecule has 0 spiro atoms. The second-order valence-electron chi connectivity index (χ2n) is 7.36. The third-order valence-corrected chi connectivity index (χ3v) is 5.57. The molecule has 126 valence electrons. The normalized spacial score (nSPS) is 17.7. The molecule has 2 aromatic heterocycles. The second-order valence-corrected chi connectivity index (χ2v) is 13.0. The van der Waals surface area contributed by atoms with Gasteiger partial charge in [-0.3, -0.25) is 0 Å². The van der Waals surface area contributed by atoms with Gasteiger partial charge in [-0.1, -0.05) is 19.6 Å². The number of hydrogen-bond acceptors (Lipinski definition) is 4. The van der Waals surface area contributed by atoms with E-state index >= 15 is 0 Å². The van der Waals surface area contributed by atoms with Crippen LogP contribution < -0.4 is 10.1 Å². The van der Waals surface area contributed by atoms with Crippen molar-refractivity contribution in [3.05, 3.63) is 18.1 Å². The third kappa shape index (κ3) is 3.67. The maximum absolute atomic E-state index is 14.2. The van der Waals surface area contributed by atoms with Crippen LogP contribution in [-0.4, -0.2) is 36.9 Å². The van der Waals surface area contributed by atoms with E-state index in [0.29, 0.717) is 36.9 Å². The summed E-state index contributed by atoms with van der Waals surface area (Å²) in [7, 11) is -1.12. The minimum absolute atomic E-state index is 0.191. The number of ether oxygens (including phenoxy) is 2. The van der Waals surface area contributed by atoms with Gasteiger partial charge in [0.2, 0.25) is 5.88 Å². The van der Waals surface area contributed by atoms with Gasteiger partial charge in [-0.15, -0.1) is 0 Å². The number of anilines is 1. The quantitative estimate of drug-likeness (QED) is 0.668. The van der Waals surface area contributed by atoms with Crippen molar-refractivity contribution in [2.75, 3.05) is 18.5 Å². The fourth-order valence-electron chi connectivity index (χ4n) is 2.51. The summed E-state index contributed by atoms with van der Waals surface area (Å²) in [5.41, 5.74) is 1.30. The molecular weight excluding hydrogens is 313 g/mol. The van der Waals surface area contributed by atoms with Crippen molar-refractivity contribution < 1.29 is 13.9 Å². The van der Waals surface area contributed by atoms with Crippen molar-refractivity contribution in [1.29, 1.82) is 0 Å². The van der Waals surface area contributed by atoms with Gasteiger partial charge in [-0.25, -0.2) is 4.39 Å². The minimum Gasteiger partial charge on any atom is -0.474 e. The van der Waals surface area contributed by atoms with E-state index in [0.717, 1.165) is 11.7 Å². The second kappa shape index (κ2) is 6.12. The van der Waals surface area contributed by atoms with Crippen LogP contribution in [0.15, 0.2) is 12.3 Å². The van der Waals surface area contributed by atoms with Crippen molar-refractivity contribution in [2.45, 2.75) is 45.4 Å². The molecule has 0 bridgehead atoms. The molecule has 1 aliphatic heterocycles. The van der Waals surface area contributed by atoms with E-state index in [1.807, 2.05) is 6.92 Å². The van der Waals surface area contributed by atoms with Gasteiger partial charge >= 0.3 is 0 Å². The topological polar surface area (TPSA) is 48.3 Å². The van der Waals surface area contributed by atoms with Crippen molar-refractivity contribution in [3.63, 3.8) is 0 Å². The summed E-state index contributed by atoms with van der Waals surface area (Å²) >= 11 is 0. The largest absolute Gasteiger partial charge is 0.474 e. The summed E-state index contributed by atoms with van der Waals surface area (Å²) < 4.78 is 27.2. The van der Waals surface area contributed by atoms with Crippen molar-refractivity contribution in [2.24, 2.45) is 0 Å². The first-order valence-electron chi connectivity index (χ1n) is 8.00. The average molecular weight is 337 g/mol. The maximum Gasteiger partial charge on any atom is 0.239 e. The molecule has 23 heavy (non-hydrogen) atoms. The monoisotopic (exact) mass is 337 g/mol. The highest BCUT2D eigenvalue weighted by atomic mass is 28.3. The van der Waals surface area contributed by atoms with Crippen LogP contribution in [0.5, 0.6) is 5.88 Å². The molecule has 3 heterocycles.